The summed E-state index contributed by atoms with van der Waals surface area (Å²) in [5, 5.41) is 8.44. The van der Waals surface area contributed by atoms with Gasteiger partial charge in [-0.3, -0.25) is 0 Å². The summed E-state index contributed by atoms with van der Waals surface area (Å²) in [6.07, 6.45) is 1.22. The number of nitrogens with two attached hydrogens (primary N) is 1. The molecule has 0 saturated carbocycles. The fourth-order valence-corrected chi connectivity index (χ4v) is 0.866. The van der Waals surface area contributed by atoms with Gasteiger partial charge in [0.1, 0.15) is 0 Å². The molecule has 60 valence electrons. The minimum absolute atomic E-state index is 0.148. The molecule has 1 rings (SSSR count). The van der Waals surface area contributed by atoms with Gasteiger partial charge in [0.05, 0.1) is 5.69 Å². The molecule has 0 aliphatic rings. The molecule has 0 aromatic carbocycles. The molecule has 0 atom stereocenters. The number of nitrogens with zero attached hydrogens (tertiary/aromatic N) is 1. The highest BCUT2D eigenvalue weighted by Crippen LogP contribution is 2.15. The van der Waals surface area contributed by atoms with Crippen LogP contribution in [0, 0.1) is 5.82 Å². The van der Waals surface area contributed by atoms with E-state index < -0.39 is 17.5 Å². The van der Waals surface area contributed by atoms with Gasteiger partial charge in [-0.15, -0.1) is 0 Å². The second kappa shape index (κ2) is 2.26. The fourth-order valence-electron chi connectivity index (χ4n) is 0.866. The number of aryl methyl sites for hydroxylation is 1. The molecule has 0 aliphatic carbocycles. The second-order valence-corrected chi connectivity index (χ2v) is 2.16. The molecule has 0 unspecified atom stereocenters. The van der Waals surface area contributed by atoms with Crippen LogP contribution in [0.4, 0.5) is 10.1 Å². The van der Waals surface area contributed by atoms with E-state index in [9.17, 15) is 9.18 Å². The summed E-state index contributed by atoms with van der Waals surface area (Å²) in [6.45, 7) is 0. The molecule has 0 radical (unpaired) electrons. The number of aromatic nitrogens is 1. The molecule has 0 aliphatic heterocycles. The van der Waals surface area contributed by atoms with Gasteiger partial charge in [0.2, 0.25) is 0 Å². The second-order valence-electron chi connectivity index (χ2n) is 2.16. The first-order valence-electron chi connectivity index (χ1n) is 2.87. The maximum Gasteiger partial charge on any atom is 0.355 e. The van der Waals surface area contributed by atoms with Crippen molar-refractivity contribution < 1.29 is 14.3 Å². The van der Waals surface area contributed by atoms with Crippen LogP contribution in [0.2, 0.25) is 0 Å². The number of nitrogen functional groups attached to an aromatic ring is 1. The molecule has 0 amide bonds. The topological polar surface area (TPSA) is 68.2 Å². The van der Waals surface area contributed by atoms with Crippen LogP contribution >= 0.6 is 0 Å². The average Bonchev–Trinajstić information content (AvgIpc) is 2.07. The van der Waals surface area contributed by atoms with Crippen LogP contribution in [0.3, 0.4) is 0 Å². The van der Waals surface area contributed by atoms with Gasteiger partial charge in [0, 0.05) is 13.2 Å². The highest BCUT2D eigenvalue weighted by Gasteiger charge is 2.17. The fraction of sp³-hybridized carbons (Fsp3) is 0.167. The Balaban J connectivity index is 3.34. The lowest BCUT2D eigenvalue weighted by molar-refractivity contribution is 0.0681. The number of carboxylic acids is 1. The molecule has 0 spiro atoms. The summed E-state index contributed by atoms with van der Waals surface area (Å²) < 4.78 is 13.9. The summed E-state index contributed by atoms with van der Waals surface area (Å²) in [7, 11) is 1.42. The van der Waals surface area contributed by atoms with Gasteiger partial charge in [-0.1, -0.05) is 0 Å². The van der Waals surface area contributed by atoms with E-state index in [4.69, 9.17) is 10.8 Å². The summed E-state index contributed by atoms with van der Waals surface area (Å²) in [6, 6.07) is 0. The number of hydrogen-bond acceptors (Lipinski definition) is 2. The number of rotatable bonds is 1. The molecular weight excluding hydrogens is 151 g/mol. The summed E-state index contributed by atoms with van der Waals surface area (Å²) >= 11 is 0. The van der Waals surface area contributed by atoms with E-state index in [2.05, 4.69) is 0 Å². The predicted octanol–water partition coefficient (Wildman–Crippen LogP) is 0.445. The zero-order chi connectivity index (χ0) is 8.59. The van der Waals surface area contributed by atoms with Crippen molar-refractivity contribution in [3.8, 4) is 0 Å². The Morgan fingerprint density at radius 2 is 2.36 bits per heavy atom. The number of halogens is 1. The first kappa shape index (κ1) is 7.59. The first-order valence-corrected chi connectivity index (χ1v) is 2.87. The Kier molecular flexibility index (Phi) is 1.56. The van der Waals surface area contributed by atoms with Gasteiger partial charge in [0.15, 0.2) is 11.5 Å². The Hall–Kier alpha value is -1.52. The van der Waals surface area contributed by atoms with Crippen molar-refractivity contribution in [3.63, 3.8) is 0 Å². The molecule has 0 fully saturated rings. The van der Waals surface area contributed by atoms with Gasteiger partial charge in [-0.05, 0) is 0 Å². The molecule has 1 heterocycles. The van der Waals surface area contributed by atoms with E-state index in [1.807, 2.05) is 0 Å². The molecule has 4 nitrogen and oxygen atoms in total. The van der Waals surface area contributed by atoms with Crippen LogP contribution in [0.5, 0.6) is 0 Å². The Bertz CT molecular complexity index is 306. The summed E-state index contributed by atoms with van der Waals surface area (Å²) in [5.41, 5.74) is 4.56. The van der Waals surface area contributed by atoms with Crippen molar-refractivity contribution in [1.29, 1.82) is 0 Å². The van der Waals surface area contributed by atoms with Crippen LogP contribution in [0.25, 0.3) is 0 Å². The summed E-state index contributed by atoms with van der Waals surface area (Å²) in [4.78, 5) is 10.3. The van der Waals surface area contributed by atoms with E-state index in [0.717, 1.165) is 4.57 Å². The predicted molar refractivity (Wildman–Crippen MR) is 36.7 cm³/mol. The minimum Gasteiger partial charge on any atom is -0.476 e. The van der Waals surface area contributed by atoms with Gasteiger partial charge >= 0.3 is 5.97 Å². The lowest BCUT2D eigenvalue weighted by Crippen LogP contribution is -2.05. The van der Waals surface area contributed by atoms with Crippen LogP contribution in [0.1, 0.15) is 10.5 Å². The Morgan fingerprint density at radius 3 is 2.55 bits per heavy atom. The molecule has 0 bridgehead atoms. The number of aromatic carboxylic acids is 1. The van der Waals surface area contributed by atoms with Crippen LogP contribution < -0.4 is 5.73 Å². The normalized spacial score (nSPS) is 10.0. The van der Waals surface area contributed by atoms with E-state index in [1.54, 1.807) is 0 Å². The number of carbonyl (C=O) groups is 1. The SMILES string of the molecule is Cn1cc(N)c(F)c1C(=O)O. The monoisotopic (exact) mass is 158 g/mol. The maximum absolute atomic E-state index is 12.7. The van der Waals surface area contributed by atoms with Crippen molar-refractivity contribution in [2.24, 2.45) is 7.05 Å². The largest absolute Gasteiger partial charge is 0.476 e. The van der Waals surface area contributed by atoms with Crippen molar-refractivity contribution in [2.75, 3.05) is 5.73 Å². The third-order valence-electron chi connectivity index (χ3n) is 1.35. The molecule has 11 heavy (non-hydrogen) atoms. The van der Waals surface area contributed by atoms with E-state index >= 15 is 0 Å². The van der Waals surface area contributed by atoms with Crippen molar-refractivity contribution in [2.45, 2.75) is 0 Å². The van der Waals surface area contributed by atoms with E-state index in [-0.39, 0.29) is 5.69 Å². The highest BCUT2D eigenvalue weighted by atomic mass is 19.1. The van der Waals surface area contributed by atoms with Gasteiger partial charge in [-0.2, -0.15) is 0 Å². The quantitative estimate of drug-likeness (QED) is 0.623. The third kappa shape index (κ3) is 1.04. The zero-order valence-corrected chi connectivity index (χ0v) is 5.84. The van der Waals surface area contributed by atoms with Crippen molar-refractivity contribution in [3.05, 3.63) is 17.7 Å². The lowest BCUT2D eigenvalue weighted by atomic mass is 10.4. The lowest BCUT2D eigenvalue weighted by Gasteiger charge is -1.94. The standard InChI is InChI=1S/C6H7FN2O2/c1-9-2-3(8)4(7)5(9)6(10)11/h2H,8H2,1H3,(H,10,11). The van der Waals surface area contributed by atoms with Gasteiger partial charge in [-0.25, -0.2) is 9.18 Å². The van der Waals surface area contributed by atoms with Crippen molar-refractivity contribution >= 4 is 11.7 Å². The molecule has 3 N–H and O–H groups in total. The first-order chi connectivity index (χ1) is 5.04. The van der Waals surface area contributed by atoms with E-state index in [1.165, 1.54) is 13.2 Å². The van der Waals surface area contributed by atoms with E-state index in [0.29, 0.717) is 0 Å². The molecular formula is C6H7FN2O2. The molecule has 0 saturated heterocycles. The Morgan fingerprint density at radius 1 is 1.82 bits per heavy atom. The number of anilines is 1. The van der Waals surface area contributed by atoms with Gasteiger partial charge < -0.3 is 15.4 Å². The van der Waals surface area contributed by atoms with Crippen molar-refractivity contribution in [1.82, 2.24) is 4.57 Å². The number of hydrogen-bond donors (Lipinski definition) is 2. The third-order valence-corrected chi connectivity index (χ3v) is 1.35. The van der Waals surface area contributed by atoms with Crippen LogP contribution in [-0.4, -0.2) is 15.6 Å². The Labute approximate surface area is 62.0 Å². The van der Waals surface area contributed by atoms with Crippen LogP contribution in [0.15, 0.2) is 6.20 Å². The maximum atomic E-state index is 12.7. The average molecular weight is 158 g/mol. The molecule has 1 aromatic heterocycles. The summed E-state index contributed by atoms with van der Waals surface area (Å²) in [5.74, 6) is -2.19. The molecule has 5 heteroatoms. The minimum atomic E-state index is -1.32. The molecule has 1 aromatic rings. The zero-order valence-electron chi connectivity index (χ0n) is 5.84. The highest BCUT2D eigenvalue weighted by molar-refractivity contribution is 5.87. The smallest absolute Gasteiger partial charge is 0.355 e. The van der Waals surface area contributed by atoms with Gasteiger partial charge in [0.25, 0.3) is 0 Å². The number of carboxylic acid groups (broad SMARTS) is 1. The van der Waals surface area contributed by atoms with Crippen LogP contribution in [-0.2, 0) is 7.05 Å².